The molecule has 2 aliphatic rings. The number of nitrogens with zero attached hydrogens (tertiary/aromatic N) is 1. The van der Waals surface area contributed by atoms with Crippen molar-refractivity contribution in [1.82, 2.24) is 4.31 Å². The molecule has 3 nitrogen and oxygen atoms in total. The van der Waals surface area contributed by atoms with Gasteiger partial charge in [-0.15, -0.1) is 0 Å². The number of rotatable bonds is 3. The van der Waals surface area contributed by atoms with Crippen molar-refractivity contribution in [3.63, 3.8) is 0 Å². The Morgan fingerprint density at radius 1 is 0.913 bits per heavy atom. The average molecular weight is 336 g/mol. The lowest BCUT2D eigenvalue weighted by Crippen LogP contribution is -2.42. The van der Waals surface area contributed by atoms with Crippen LogP contribution in [0.25, 0.3) is 0 Å². The third-order valence-electron chi connectivity index (χ3n) is 5.43. The van der Waals surface area contributed by atoms with Crippen molar-refractivity contribution in [3.8, 4) is 0 Å². The molecule has 2 fully saturated rings. The summed E-state index contributed by atoms with van der Waals surface area (Å²) in [4.78, 5) is 0.457. The van der Waals surface area contributed by atoms with Gasteiger partial charge in [-0.05, 0) is 54.7 Å². The summed E-state index contributed by atoms with van der Waals surface area (Å²) in [5.74, 6) is 1.50. The number of piperidine rings is 1. The number of hydrogen-bond donors (Lipinski definition) is 0. The summed E-state index contributed by atoms with van der Waals surface area (Å²) in [6.07, 6.45) is 7.55. The van der Waals surface area contributed by atoms with Crippen LogP contribution in [0.15, 0.2) is 29.2 Å². The molecule has 2 unspecified atom stereocenters. The molecule has 1 saturated carbocycles. The van der Waals surface area contributed by atoms with Crippen LogP contribution in [-0.2, 0) is 10.0 Å². The van der Waals surface area contributed by atoms with Gasteiger partial charge in [-0.25, -0.2) is 8.42 Å². The molecule has 0 amide bonds. The molecule has 128 valence electrons. The Labute approximate surface area is 141 Å². The molecular weight excluding hydrogens is 306 g/mol. The summed E-state index contributed by atoms with van der Waals surface area (Å²) in [5.41, 5.74) is 1.31. The molecular formula is C19H29NO2S. The second-order valence-electron chi connectivity index (χ2n) is 7.67. The van der Waals surface area contributed by atoms with Crippen molar-refractivity contribution in [3.05, 3.63) is 29.8 Å². The van der Waals surface area contributed by atoms with E-state index in [-0.39, 0.29) is 0 Å². The fraction of sp³-hybridized carbons (Fsp3) is 0.684. The third kappa shape index (κ3) is 3.80. The quantitative estimate of drug-likeness (QED) is 0.821. The predicted molar refractivity (Wildman–Crippen MR) is 94.0 cm³/mol. The molecule has 1 saturated heterocycles. The minimum Gasteiger partial charge on any atom is -0.207 e. The van der Waals surface area contributed by atoms with Gasteiger partial charge in [-0.2, -0.15) is 4.31 Å². The predicted octanol–water partition coefficient (Wildman–Crippen LogP) is 4.40. The van der Waals surface area contributed by atoms with Gasteiger partial charge < -0.3 is 0 Å². The third-order valence-corrected chi connectivity index (χ3v) is 7.28. The molecule has 23 heavy (non-hydrogen) atoms. The van der Waals surface area contributed by atoms with Crippen LogP contribution < -0.4 is 0 Å². The van der Waals surface area contributed by atoms with E-state index in [0.717, 1.165) is 6.42 Å². The lowest BCUT2D eigenvalue weighted by molar-refractivity contribution is 0.222. The summed E-state index contributed by atoms with van der Waals surface area (Å²) in [5, 5.41) is 0. The first kappa shape index (κ1) is 17.0. The maximum atomic E-state index is 12.9. The number of benzene rings is 1. The second kappa shape index (κ2) is 6.94. The van der Waals surface area contributed by atoms with Crippen molar-refractivity contribution >= 4 is 10.0 Å². The zero-order valence-electron chi connectivity index (χ0n) is 14.4. The SMILES string of the molecule is CC1CC(C)CN(S(=O)(=O)c2ccc(C3CCCCC3)cc2)C1. The van der Waals surface area contributed by atoms with E-state index >= 15 is 0 Å². The lowest BCUT2D eigenvalue weighted by Gasteiger charge is -2.34. The average Bonchev–Trinajstić information content (AvgIpc) is 2.55. The van der Waals surface area contributed by atoms with Crippen molar-refractivity contribution < 1.29 is 8.42 Å². The molecule has 1 aliphatic carbocycles. The van der Waals surface area contributed by atoms with Gasteiger partial charge in [0.05, 0.1) is 4.90 Å². The van der Waals surface area contributed by atoms with Gasteiger partial charge in [-0.1, -0.05) is 45.2 Å². The summed E-state index contributed by atoms with van der Waals surface area (Å²) in [6, 6.07) is 7.73. The first-order chi connectivity index (χ1) is 11.0. The largest absolute Gasteiger partial charge is 0.243 e. The molecule has 1 aromatic carbocycles. The maximum absolute atomic E-state index is 12.9. The fourth-order valence-electron chi connectivity index (χ4n) is 4.30. The molecule has 1 aliphatic heterocycles. The molecule has 0 N–H and O–H groups in total. The topological polar surface area (TPSA) is 37.4 Å². The standard InChI is InChI=1S/C19H29NO2S/c1-15-12-16(2)14-20(13-15)23(21,22)19-10-8-18(9-11-19)17-6-4-3-5-7-17/h8-11,15-17H,3-7,12-14H2,1-2H3. The van der Waals surface area contributed by atoms with Crippen LogP contribution in [0.2, 0.25) is 0 Å². The molecule has 4 heteroatoms. The van der Waals surface area contributed by atoms with Crippen LogP contribution >= 0.6 is 0 Å². The van der Waals surface area contributed by atoms with E-state index in [1.807, 2.05) is 24.3 Å². The van der Waals surface area contributed by atoms with Crippen LogP contribution in [0.1, 0.15) is 63.9 Å². The highest BCUT2D eigenvalue weighted by molar-refractivity contribution is 7.89. The Bertz CT molecular complexity index is 607. The highest BCUT2D eigenvalue weighted by atomic mass is 32.2. The van der Waals surface area contributed by atoms with Crippen molar-refractivity contribution in [2.24, 2.45) is 11.8 Å². The van der Waals surface area contributed by atoms with Crippen molar-refractivity contribution in [2.75, 3.05) is 13.1 Å². The monoisotopic (exact) mass is 335 g/mol. The molecule has 2 atom stereocenters. The Morgan fingerprint density at radius 3 is 2.04 bits per heavy atom. The minimum atomic E-state index is -3.34. The van der Waals surface area contributed by atoms with Gasteiger partial charge in [0, 0.05) is 13.1 Å². The first-order valence-electron chi connectivity index (χ1n) is 9.07. The van der Waals surface area contributed by atoms with Crippen molar-refractivity contribution in [1.29, 1.82) is 0 Å². The molecule has 1 heterocycles. The van der Waals surface area contributed by atoms with E-state index < -0.39 is 10.0 Å². The Hall–Kier alpha value is -0.870. The van der Waals surface area contributed by atoms with E-state index in [1.165, 1.54) is 37.7 Å². The molecule has 0 radical (unpaired) electrons. The van der Waals surface area contributed by atoms with Gasteiger partial charge >= 0.3 is 0 Å². The zero-order valence-corrected chi connectivity index (χ0v) is 15.2. The van der Waals surface area contributed by atoms with Crippen LogP contribution in [0.4, 0.5) is 0 Å². The van der Waals surface area contributed by atoms with E-state index in [9.17, 15) is 8.42 Å². The summed E-state index contributed by atoms with van der Waals surface area (Å²) in [6.45, 7) is 5.59. The normalized spacial score (nSPS) is 27.9. The minimum absolute atomic E-state index is 0.440. The molecule has 0 bridgehead atoms. The summed E-state index contributed by atoms with van der Waals surface area (Å²) >= 11 is 0. The Morgan fingerprint density at radius 2 is 1.48 bits per heavy atom. The van der Waals surface area contributed by atoms with Crippen LogP contribution in [0.5, 0.6) is 0 Å². The van der Waals surface area contributed by atoms with Gasteiger partial charge in [0.2, 0.25) is 10.0 Å². The zero-order chi connectivity index (χ0) is 16.4. The highest BCUT2D eigenvalue weighted by Crippen LogP contribution is 2.33. The molecule has 1 aromatic rings. The van der Waals surface area contributed by atoms with E-state index in [2.05, 4.69) is 13.8 Å². The fourth-order valence-corrected chi connectivity index (χ4v) is 5.98. The molecule has 0 spiro atoms. The van der Waals surface area contributed by atoms with Gasteiger partial charge in [-0.3, -0.25) is 0 Å². The first-order valence-corrected chi connectivity index (χ1v) is 10.5. The van der Waals surface area contributed by atoms with Crippen LogP contribution in [0, 0.1) is 11.8 Å². The van der Waals surface area contributed by atoms with Gasteiger partial charge in [0.15, 0.2) is 0 Å². The lowest BCUT2D eigenvalue weighted by atomic mass is 9.84. The van der Waals surface area contributed by atoms with Crippen LogP contribution in [-0.4, -0.2) is 25.8 Å². The van der Waals surface area contributed by atoms with E-state index in [4.69, 9.17) is 0 Å². The summed E-state index contributed by atoms with van der Waals surface area (Å²) < 4.78 is 27.5. The molecule has 0 aromatic heterocycles. The van der Waals surface area contributed by atoms with E-state index in [0.29, 0.717) is 35.7 Å². The Balaban J connectivity index is 1.77. The smallest absolute Gasteiger partial charge is 0.207 e. The second-order valence-corrected chi connectivity index (χ2v) is 9.61. The number of sulfonamides is 1. The maximum Gasteiger partial charge on any atom is 0.243 e. The van der Waals surface area contributed by atoms with Crippen molar-refractivity contribution in [2.45, 2.75) is 63.2 Å². The Kier molecular flexibility index (Phi) is 5.12. The summed E-state index contributed by atoms with van der Waals surface area (Å²) in [7, 11) is -3.34. The van der Waals surface area contributed by atoms with Crippen LogP contribution in [0.3, 0.4) is 0 Å². The number of hydrogen-bond acceptors (Lipinski definition) is 2. The van der Waals surface area contributed by atoms with Gasteiger partial charge in [0.25, 0.3) is 0 Å². The molecule has 3 rings (SSSR count). The van der Waals surface area contributed by atoms with E-state index in [1.54, 1.807) is 4.31 Å². The highest BCUT2D eigenvalue weighted by Gasteiger charge is 2.31. The van der Waals surface area contributed by atoms with Gasteiger partial charge in [0.1, 0.15) is 0 Å².